The Hall–Kier alpha value is -3.70. The van der Waals surface area contributed by atoms with Crippen LogP contribution in [0.25, 0.3) is 11.0 Å². The molecule has 9 nitrogen and oxygen atoms in total. The maximum atomic E-state index is 12.4. The van der Waals surface area contributed by atoms with Gasteiger partial charge in [-0.25, -0.2) is 5.43 Å². The molecule has 4 aromatic rings. The molecule has 0 fully saturated rings. The van der Waals surface area contributed by atoms with Crippen LogP contribution in [-0.2, 0) is 6.61 Å². The summed E-state index contributed by atoms with van der Waals surface area (Å²) in [5.41, 5.74) is 4.46. The SMILES string of the molecule is COc1cc(/C=N/NC(=O)c2cc3cc(Br)ccc3o2)c(Br)cc1OCc1ccc([N+](=O)[O-])cc1. The van der Waals surface area contributed by atoms with E-state index in [1.54, 1.807) is 36.4 Å². The lowest BCUT2D eigenvalue weighted by molar-refractivity contribution is -0.384. The Kier molecular flexibility index (Phi) is 7.47. The van der Waals surface area contributed by atoms with Gasteiger partial charge in [0.25, 0.3) is 5.69 Å². The second kappa shape index (κ2) is 10.7. The summed E-state index contributed by atoms with van der Waals surface area (Å²) in [5, 5.41) is 15.6. The third-order valence-electron chi connectivity index (χ3n) is 4.90. The maximum Gasteiger partial charge on any atom is 0.307 e. The van der Waals surface area contributed by atoms with Gasteiger partial charge in [0.2, 0.25) is 0 Å². The third kappa shape index (κ3) is 5.87. The van der Waals surface area contributed by atoms with Crippen LogP contribution < -0.4 is 14.9 Å². The minimum absolute atomic E-state index is 0.0122. The van der Waals surface area contributed by atoms with E-state index < -0.39 is 10.8 Å². The fourth-order valence-electron chi connectivity index (χ4n) is 3.14. The molecule has 0 saturated carbocycles. The molecule has 3 aromatic carbocycles. The van der Waals surface area contributed by atoms with Gasteiger partial charge in [0.15, 0.2) is 17.3 Å². The van der Waals surface area contributed by atoms with Gasteiger partial charge in [-0.3, -0.25) is 14.9 Å². The molecular formula is C24H17Br2N3O6. The Balaban J connectivity index is 1.43. The van der Waals surface area contributed by atoms with Crippen LogP contribution in [0.5, 0.6) is 11.5 Å². The van der Waals surface area contributed by atoms with Crippen molar-refractivity contribution >= 4 is 60.6 Å². The van der Waals surface area contributed by atoms with Gasteiger partial charge in [0, 0.05) is 32.0 Å². The molecule has 0 aliphatic rings. The summed E-state index contributed by atoms with van der Waals surface area (Å²) in [6, 6.07) is 16.6. The number of rotatable bonds is 8. The van der Waals surface area contributed by atoms with Crippen LogP contribution in [0.1, 0.15) is 21.7 Å². The molecule has 0 unspecified atom stereocenters. The van der Waals surface area contributed by atoms with E-state index >= 15 is 0 Å². The number of nitrogens with zero attached hydrogens (tertiary/aromatic N) is 2. The first-order chi connectivity index (χ1) is 16.8. The van der Waals surface area contributed by atoms with E-state index in [-0.39, 0.29) is 18.1 Å². The highest BCUT2D eigenvalue weighted by Crippen LogP contribution is 2.33. The lowest BCUT2D eigenvalue weighted by Crippen LogP contribution is -2.16. The Morgan fingerprint density at radius 1 is 1.11 bits per heavy atom. The van der Waals surface area contributed by atoms with Crippen molar-refractivity contribution in [1.82, 2.24) is 5.43 Å². The van der Waals surface area contributed by atoms with E-state index in [4.69, 9.17) is 13.9 Å². The highest BCUT2D eigenvalue weighted by Gasteiger charge is 2.13. The van der Waals surface area contributed by atoms with Crippen LogP contribution in [0, 0.1) is 10.1 Å². The van der Waals surface area contributed by atoms with Crippen molar-refractivity contribution in [2.45, 2.75) is 6.61 Å². The summed E-state index contributed by atoms with van der Waals surface area (Å²) in [6.45, 7) is 0.193. The second-order valence-corrected chi connectivity index (χ2v) is 9.00. The van der Waals surface area contributed by atoms with Crippen molar-refractivity contribution in [3.8, 4) is 11.5 Å². The molecule has 178 valence electrons. The topological polar surface area (TPSA) is 116 Å². The van der Waals surface area contributed by atoms with Crippen LogP contribution >= 0.6 is 31.9 Å². The molecule has 0 saturated heterocycles. The van der Waals surface area contributed by atoms with Gasteiger partial charge in [0.1, 0.15) is 12.2 Å². The average Bonchev–Trinajstić information content (AvgIpc) is 3.27. The quantitative estimate of drug-likeness (QED) is 0.145. The predicted octanol–water partition coefficient (Wildman–Crippen LogP) is 6.22. The number of furan rings is 1. The van der Waals surface area contributed by atoms with E-state index in [1.165, 1.54) is 25.5 Å². The summed E-state index contributed by atoms with van der Waals surface area (Å²) in [4.78, 5) is 22.7. The molecule has 1 aromatic heterocycles. The van der Waals surface area contributed by atoms with Crippen molar-refractivity contribution in [3.05, 3.63) is 96.6 Å². The number of benzene rings is 3. The van der Waals surface area contributed by atoms with Crippen molar-refractivity contribution < 1.29 is 23.6 Å². The number of fused-ring (bicyclic) bond motifs is 1. The number of hydrazone groups is 1. The molecule has 1 amide bonds. The van der Waals surface area contributed by atoms with Gasteiger partial charge in [-0.2, -0.15) is 5.10 Å². The standard InChI is InChI=1S/C24H17Br2N3O6/c1-33-21-10-16(12-27-28-24(30)23-9-15-8-17(25)4-7-20(15)35-23)19(26)11-22(21)34-13-14-2-5-18(6-3-14)29(31)32/h2-12H,13H2,1H3,(H,28,30)/b27-12+. The van der Waals surface area contributed by atoms with E-state index in [1.807, 2.05) is 12.1 Å². The van der Waals surface area contributed by atoms with E-state index in [0.717, 1.165) is 15.4 Å². The Labute approximate surface area is 216 Å². The predicted molar refractivity (Wildman–Crippen MR) is 137 cm³/mol. The zero-order chi connectivity index (χ0) is 24.9. The number of carbonyl (C=O) groups excluding carboxylic acids is 1. The molecule has 0 atom stereocenters. The van der Waals surface area contributed by atoms with Crippen LogP contribution in [0.4, 0.5) is 5.69 Å². The summed E-state index contributed by atoms with van der Waals surface area (Å²) < 4.78 is 18.3. The lowest BCUT2D eigenvalue weighted by atomic mass is 10.2. The molecule has 0 bridgehead atoms. The number of hydrogen-bond acceptors (Lipinski definition) is 7. The largest absolute Gasteiger partial charge is 0.493 e. The number of nitro benzene ring substituents is 1. The minimum Gasteiger partial charge on any atom is -0.493 e. The number of methoxy groups -OCH3 is 1. The van der Waals surface area contributed by atoms with Crippen LogP contribution in [-0.4, -0.2) is 24.2 Å². The van der Waals surface area contributed by atoms with E-state index in [0.29, 0.717) is 27.1 Å². The van der Waals surface area contributed by atoms with Crippen molar-refractivity contribution in [3.63, 3.8) is 0 Å². The molecule has 0 radical (unpaired) electrons. The Morgan fingerprint density at radius 2 is 1.89 bits per heavy atom. The molecule has 0 spiro atoms. The van der Waals surface area contributed by atoms with Gasteiger partial charge in [0.05, 0.1) is 18.2 Å². The normalized spacial score (nSPS) is 11.1. The molecule has 0 aliphatic carbocycles. The number of hydrogen-bond donors (Lipinski definition) is 1. The smallest absolute Gasteiger partial charge is 0.307 e. The summed E-state index contributed by atoms with van der Waals surface area (Å²) in [6.07, 6.45) is 1.46. The summed E-state index contributed by atoms with van der Waals surface area (Å²) in [5.74, 6) is 0.569. The molecular weight excluding hydrogens is 586 g/mol. The Bertz CT molecular complexity index is 1430. The average molecular weight is 603 g/mol. The van der Waals surface area contributed by atoms with Gasteiger partial charge >= 0.3 is 5.91 Å². The molecule has 1 N–H and O–H groups in total. The van der Waals surface area contributed by atoms with Gasteiger partial charge in [-0.15, -0.1) is 0 Å². The van der Waals surface area contributed by atoms with Gasteiger partial charge in [-0.1, -0.05) is 15.9 Å². The highest BCUT2D eigenvalue weighted by molar-refractivity contribution is 9.10. The third-order valence-corrected chi connectivity index (χ3v) is 6.08. The number of amides is 1. The van der Waals surface area contributed by atoms with Crippen molar-refractivity contribution in [2.75, 3.05) is 7.11 Å². The van der Waals surface area contributed by atoms with Crippen molar-refractivity contribution in [1.29, 1.82) is 0 Å². The van der Waals surface area contributed by atoms with Crippen LogP contribution in [0.2, 0.25) is 0 Å². The van der Waals surface area contributed by atoms with Crippen LogP contribution in [0.15, 0.2) is 79.1 Å². The summed E-state index contributed by atoms with van der Waals surface area (Å²) in [7, 11) is 1.50. The van der Waals surface area contributed by atoms with Crippen molar-refractivity contribution in [2.24, 2.45) is 5.10 Å². The number of halogens is 2. The Morgan fingerprint density at radius 3 is 2.60 bits per heavy atom. The molecule has 4 rings (SSSR count). The first kappa shape index (κ1) is 24.4. The number of carbonyl (C=O) groups is 1. The van der Waals surface area contributed by atoms with E-state index in [9.17, 15) is 14.9 Å². The van der Waals surface area contributed by atoms with Crippen LogP contribution in [0.3, 0.4) is 0 Å². The lowest BCUT2D eigenvalue weighted by Gasteiger charge is -2.12. The number of nitrogens with one attached hydrogen (secondary N) is 1. The minimum atomic E-state index is -0.486. The zero-order valence-corrected chi connectivity index (χ0v) is 21.3. The fourth-order valence-corrected chi connectivity index (χ4v) is 3.94. The van der Waals surface area contributed by atoms with E-state index in [2.05, 4.69) is 42.4 Å². The first-order valence-electron chi connectivity index (χ1n) is 10.1. The number of nitro groups is 1. The number of ether oxygens (including phenoxy) is 2. The zero-order valence-electron chi connectivity index (χ0n) is 18.2. The monoisotopic (exact) mass is 601 g/mol. The molecule has 0 aliphatic heterocycles. The summed E-state index contributed by atoms with van der Waals surface area (Å²) >= 11 is 6.85. The second-order valence-electron chi connectivity index (χ2n) is 7.23. The highest BCUT2D eigenvalue weighted by atomic mass is 79.9. The molecule has 11 heteroatoms. The first-order valence-corrected chi connectivity index (χ1v) is 11.7. The van der Waals surface area contributed by atoms with Gasteiger partial charge in [-0.05, 0) is 70.0 Å². The number of non-ortho nitro benzene ring substituents is 1. The fraction of sp³-hybridized carbons (Fsp3) is 0.0833. The molecule has 1 heterocycles. The molecule has 35 heavy (non-hydrogen) atoms. The van der Waals surface area contributed by atoms with Gasteiger partial charge < -0.3 is 13.9 Å². The maximum absolute atomic E-state index is 12.4.